The van der Waals surface area contributed by atoms with Gasteiger partial charge in [0.25, 0.3) is 0 Å². The Labute approximate surface area is 728 Å². The summed E-state index contributed by atoms with van der Waals surface area (Å²) >= 11 is 0. The van der Waals surface area contributed by atoms with E-state index >= 15 is 38.4 Å². The van der Waals surface area contributed by atoms with Crippen LogP contribution in [-0.4, -0.2) is 221 Å². The predicted molar refractivity (Wildman–Crippen MR) is 472 cm³/mol. The molecule has 9 N–H and O–H groups in total. The largest absolute Gasteiger partial charge is 0.480 e. The number of esters is 1. The molecule has 12 atom stereocenters. The van der Waals surface area contributed by atoms with Crippen molar-refractivity contribution < 1.29 is 76.9 Å². The predicted octanol–water partition coefficient (Wildman–Crippen LogP) is 7.78. The lowest BCUT2D eigenvalue weighted by Crippen LogP contribution is -2.63. The van der Waals surface area contributed by atoms with Crippen LogP contribution in [0.15, 0.2) is 212 Å². The van der Waals surface area contributed by atoms with Crippen molar-refractivity contribution in [3.8, 4) is 0 Å². The molecule has 664 valence electrons. The molecule has 0 radical (unpaired) electrons. The standard InChI is InChI=1S/C96H124N12O16/c1-60(2)52-76(106(14)93(119)82(62(5)6)102-85(111)64(9)97)89(115)103-83(66(11)124-96(71-46-32-21-33-47-71,72-48-34-22-35-49-72)73-50-36-23-37-51-73)94(120)107(15)77(55-68-40-26-18-27-41-68)87(113)98-58-80(109)104(12)79(53-61(3)4)92(118)108(16)84(63(7)8)90(116)100-74(54-67-38-24-17-25-39-67)86(112)101-75(57-81(110)123-59-70-44-30-20-31-45-70)91(117)105(13)78(56-69-42-28-19-29-43-69)88(114)99-65(10)95(121)122/h17-51,60-66,74-79,82-84H,52-59,97H2,1-16H3,(H,98,113)(H,99,114)(H,100,116)(H,101,112)(H,102,111)(H,103,115)(H,121,122)/t64-,65-,66+,74-,75-,76-,77-,78-,79-,82-,83-,84-/m0/s1. The fraction of sp³-hybridized carbons (Fsp3) is 0.427. The number of amides is 11. The number of hydrogen-bond acceptors (Lipinski definition) is 16. The number of carboxylic acids is 1. The van der Waals surface area contributed by atoms with Crippen LogP contribution in [0.3, 0.4) is 0 Å². The SMILES string of the molecule is CC(C)C[C@@H](C(=O)N(C)[C@H](C(=O)N[C@@H](Cc1ccccc1)C(=O)N[C@@H](CC(=O)OCc1ccccc1)C(=O)N(C)[C@@H](Cc1ccccc1)C(=O)N[C@@H](C)C(=O)O)C(C)C)N(C)C(=O)CNC(=O)[C@H](Cc1ccccc1)N(C)C(=O)[C@@H](NC(=O)[C@H](CC(C)C)N(C)C(=O)[C@@H](NC(=O)[C@H](C)N)C(C)C)[C@@H](C)OC(c1ccccc1)(c1ccccc1)c1ccccc1. The van der Waals surface area contributed by atoms with E-state index in [2.05, 4.69) is 31.9 Å². The van der Waals surface area contributed by atoms with Crippen LogP contribution in [0, 0.1) is 23.7 Å². The Morgan fingerprint density at radius 2 is 0.766 bits per heavy atom. The van der Waals surface area contributed by atoms with Crippen molar-refractivity contribution in [3.63, 3.8) is 0 Å². The van der Waals surface area contributed by atoms with Crippen molar-refractivity contribution in [2.24, 2.45) is 29.4 Å². The van der Waals surface area contributed by atoms with Crippen LogP contribution in [0.2, 0.25) is 0 Å². The maximum atomic E-state index is 16.3. The first-order valence-corrected chi connectivity index (χ1v) is 42.1. The van der Waals surface area contributed by atoms with E-state index in [-0.39, 0.29) is 50.5 Å². The van der Waals surface area contributed by atoms with Crippen LogP contribution in [0.4, 0.5) is 0 Å². The van der Waals surface area contributed by atoms with Crippen LogP contribution in [0.1, 0.15) is 134 Å². The number of likely N-dealkylation sites (N-methyl/N-ethyl adjacent to an activating group) is 5. The minimum Gasteiger partial charge on any atom is -0.480 e. The highest BCUT2D eigenvalue weighted by Crippen LogP contribution is 2.42. The van der Waals surface area contributed by atoms with Gasteiger partial charge in [-0.3, -0.25) is 62.3 Å². The zero-order valence-electron chi connectivity index (χ0n) is 74.0. The van der Waals surface area contributed by atoms with E-state index in [4.69, 9.17) is 15.2 Å². The van der Waals surface area contributed by atoms with Crippen molar-refractivity contribution >= 4 is 76.9 Å². The van der Waals surface area contributed by atoms with Crippen LogP contribution < -0.4 is 37.6 Å². The molecule has 0 heterocycles. The molecule has 0 aliphatic carbocycles. The Bertz CT molecular complexity index is 4590. The lowest BCUT2D eigenvalue weighted by Gasteiger charge is -2.41. The number of nitrogens with one attached hydrogen (secondary N) is 6. The molecule has 28 heteroatoms. The van der Waals surface area contributed by atoms with E-state index < -0.39 is 180 Å². The normalized spacial score (nSPS) is 14.3. The minimum absolute atomic E-state index is 0.0423. The summed E-state index contributed by atoms with van der Waals surface area (Å²) in [6, 6.07) is 47.7. The van der Waals surface area contributed by atoms with Gasteiger partial charge in [-0.25, -0.2) is 0 Å². The zero-order valence-corrected chi connectivity index (χ0v) is 74.0. The highest BCUT2D eigenvalue weighted by molar-refractivity contribution is 6.00. The van der Waals surface area contributed by atoms with Gasteiger partial charge < -0.3 is 76.7 Å². The molecular formula is C96H124N12O16. The molecular weight excluding hydrogens is 1580 g/mol. The number of carbonyl (C=O) groups is 13. The van der Waals surface area contributed by atoms with Crippen LogP contribution in [0.5, 0.6) is 0 Å². The number of rotatable bonds is 45. The first-order valence-electron chi connectivity index (χ1n) is 42.1. The van der Waals surface area contributed by atoms with Gasteiger partial charge in [0.2, 0.25) is 65.0 Å². The van der Waals surface area contributed by atoms with E-state index in [1.165, 1.54) is 68.7 Å². The number of nitrogens with two attached hydrogens (primary N) is 1. The third-order valence-electron chi connectivity index (χ3n) is 22.0. The van der Waals surface area contributed by atoms with E-state index in [1.807, 2.05) is 119 Å². The van der Waals surface area contributed by atoms with Gasteiger partial charge in [-0.05, 0) is 96.2 Å². The molecule has 28 nitrogen and oxygen atoms in total. The fourth-order valence-electron chi connectivity index (χ4n) is 14.9. The Morgan fingerprint density at radius 3 is 1.20 bits per heavy atom. The molecule has 0 bridgehead atoms. The summed E-state index contributed by atoms with van der Waals surface area (Å²) in [5.74, 6) is -12.5. The van der Waals surface area contributed by atoms with E-state index in [0.29, 0.717) is 38.9 Å². The Kier molecular flexibility index (Phi) is 37.6. The molecule has 0 aliphatic heterocycles. The lowest BCUT2D eigenvalue weighted by molar-refractivity contribution is -0.151. The number of aliphatic carboxylic acids is 1. The summed E-state index contributed by atoms with van der Waals surface area (Å²) in [7, 11) is 6.92. The van der Waals surface area contributed by atoms with Crippen molar-refractivity contribution in [2.45, 2.75) is 199 Å². The van der Waals surface area contributed by atoms with Gasteiger partial charge in [0.15, 0.2) is 0 Å². The second kappa shape index (κ2) is 47.3. The van der Waals surface area contributed by atoms with E-state index in [0.717, 1.165) is 4.90 Å². The van der Waals surface area contributed by atoms with Gasteiger partial charge in [-0.15, -0.1) is 0 Å². The quantitative estimate of drug-likeness (QED) is 0.0133. The Morgan fingerprint density at radius 1 is 0.379 bits per heavy atom. The highest BCUT2D eigenvalue weighted by atomic mass is 16.5. The number of nitrogens with zero attached hydrogens (tertiary/aromatic N) is 5. The number of ether oxygens (including phenoxy) is 2. The second-order valence-electron chi connectivity index (χ2n) is 33.2. The summed E-state index contributed by atoms with van der Waals surface area (Å²) in [6.07, 6.45) is -2.38. The maximum Gasteiger partial charge on any atom is 0.325 e. The van der Waals surface area contributed by atoms with Gasteiger partial charge >= 0.3 is 11.9 Å². The zero-order chi connectivity index (χ0) is 91.2. The molecule has 0 spiro atoms. The minimum atomic E-state index is -1.76. The number of carbonyl (C=O) groups excluding carboxylic acids is 12. The van der Waals surface area contributed by atoms with Gasteiger partial charge in [0.1, 0.15) is 72.6 Å². The van der Waals surface area contributed by atoms with Gasteiger partial charge in [0.05, 0.1) is 25.1 Å². The van der Waals surface area contributed by atoms with E-state index in [1.54, 1.807) is 156 Å². The molecule has 0 aromatic heterocycles. The van der Waals surface area contributed by atoms with Gasteiger partial charge in [-0.2, -0.15) is 0 Å². The van der Waals surface area contributed by atoms with Crippen LogP contribution in [0.25, 0.3) is 0 Å². The molecule has 0 unspecified atom stereocenters. The Balaban J connectivity index is 1.21. The number of carboxylic acid groups (broad SMARTS) is 1. The second-order valence-corrected chi connectivity index (χ2v) is 33.2. The summed E-state index contributed by atoms with van der Waals surface area (Å²) in [5.41, 5.74) is 8.82. The van der Waals surface area contributed by atoms with Crippen LogP contribution >= 0.6 is 0 Å². The van der Waals surface area contributed by atoms with Gasteiger partial charge in [-0.1, -0.05) is 268 Å². The first kappa shape index (κ1) is 98.7. The Hall–Kier alpha value is -12.4. The number of hydrogen-bond donors (Lipinski definition) is 8. The summed E-state index contributed by atoms with van der Waals surface area (Å²) in [4.78, 5) is 197. The molecule has 0 saturated heterocycles. The average molecular weight is 1700 g/mol. The topological polar surface area (TPSA) is 375 Å². The molecule has 7 aromatic rings. The van der Waals surface area contributed by atoms with Crippen molar-refractivity contribution in [1.29, 1.82) is 0 Å². The van der Waals surface area contributed by atoms with E-state index in [9.17, 15) is 29.1 Å². The smallest absolute Gasteiger partial charge is 0.325 e. The molecule has 7 rings (SSSR count). The molecule has 7 aromatic carbocycles. The first-order chi connectivity index (χ1) is 58.9. The third kappa shape index (κ3) is 27.5. The third-order valence-corrected chi connectivity index (χ3v) is 22.0. The van der Waals surface area contributed by atoms with Crippen molar-refractivity contribution in [1.82, 2.24) is 56.4 Å². The summed E-state index contributed by atoms with van der Waals surface area (Å²) < 4.78 is 13.1. The van der Waals surface area contributed by atoms with Crippen molar-refractivity contribution in [3.05, 3.63) is 251 Å². The molecule has 11 amide bonds. The maximum absolute atomic E-state index is 16.3. The fourth-order valence-corrected chi connectivity index (χ4v) is 14.9. The molecule has 124 heavy (non-hydrogen) atoms. The molecule has 0 saturated carbocycles. The summed E-state index contributed by atoms with van der Waals surface area (Å²) in [6.45, 7) is 17.7. The van der Waals surface area contributed by atoms with Crippen molar-refractivity contribution in [2.75, 3.05) is 41.8 Å². The van der Waals surface area contributed by atoms with Crippen LogP contribution in [-0.2, 0) is 103 Å². The number of benzene rings is 7. The van der Waals surface area contributed by atoms with Gasteiger partial charge in [0, 0.05) is 54.5 Å². The monoisotopic (exact) mass is 1700 g/mol. The lowest BCUT2D eigenvalue weighted by atomic mass is 9.79. The molecule has 0 fully saturated rings. The average Bonchev–Trinajstić information content (AvgIpc) is 0.747. The summed E-state index contributed by atoms with van der Waals surface area (Å²) in [5, 5.41) is 26.3. The molecule has 0 aliphatic rings. The highest BCUT2D eigenvalue weighted by Gasteiger charge is 2.47.